The SMILES string of the molecule is CC.CCn1ncnc1NCC1CC1. The molecule has 1 aromatic heterocycles. The smallest absolute Gasteiger partial charge is 0.221 e. The van der Waals surface area contributed by atoms with E-state index in [2.05, 4.69) is 22.3 Å². The van der Waals surface area contributed by atoms with Crippen LogP contribution in [-0.4, -0.2) is 21.3 Å². The van der Waals surface area contributed by atoms with E-state index in [0.29, 0.717) is 0 Å². The molecular weight excluding hydrogens is 176 g/mol. The van der Waals surface area contributed by atoms with E-state index in [0.717, 1.165) is 25.0 Å². The van der Waals surface area contributed by atoms with Gasteiger partial charge in [-0.15, -0.1) is 0 Å². The first-order valence-electron chi connectivity index (χ1n) is 5.52. The van der Waals surface area contributed by atoms with Gasteiger partial charge in [0.15, 0.2) is 0 Å². The zero-order valence-electron chi connectivity index (χ0n) is 9.32. The van der Waals surface area contributed by atoms with Crippen molar-refractivity contribution >= 4 is 5.95 Å². The van der Waals surface area contributed by atoms with Gasteiger partial charge in [-0.2, -0.15) is 10.1 Å². The molecular formula is C10H20N4. The summed E-state index contributed by atoms with van der Waals surface area (Å²) in [5.74, 6) is 1.79. The Balaban J connectivity index is 0.000000461. The van der Waals surface area contributed by atoms with Crippen molar-refractivity contribution in [1.82, 2.24) is 14.8 Å². The van der Waals surface area contributed by atoms with Crippen LogP contribution < -0.4 is 5.32 Å². The van der Waals surface area contributed by atoms with Gasteiger partial charge in [0.25, 0.3) is 0 Å². The van der Waals surface area contributed by atoms with Gasteiger partial charge in [0.05, 0.1) is 0 Å². The highest BCUT2D eigenvalue weighted by Gasteiger charge is 2.21. The van der Waals surface area contributed by atoms with Crippen molar-refractivity contribution in [2.75, 3.05) is 11.9 Å². The molecule has 0 aliphatic heterocycles. The molecule has 80 valence electrons. The minimum absolute atomic E-state index is 0.881. The van der Waals surface area contributed by atoms with Crippen molar-refractivity contribution < 1.29 is 0 Å². The molecule has 1 aliphatic carbocycles. The first-order chi connectivity index (χ1) is 6.90. The summed E-state index contributed by atoms with van der Waals surface area (Å²) < 4.78 is 1.88. The van der Waals surface area contributed by atoms with Crippen LogP contribution in [0.4, 0.5) is 5.95 Å². The quantitative estimate of drug-likeness (QED) is 0.802. The Bertz CT molecular complexity index is 252. The molecule has 4 nitrogen and oxygen atoms in total. The fourth-order valence-electron chi connectivity index (χ4n) is 1.19. The van der Waals surface area contributed by atoms with Crippen molar-refractivity contribution in [2.24, 2.45) is 5.92 Å². The second-order valence-electron chi connectivity index (χ2n) is 3.22. The van der Waals surface area contributed by atoms with Gasteiger partial charge >= 0.3 is 0 Å². The van der Waals surface area contributed by atoms with Crippen LogP contribution in [0.3, 0.4) is 0 Å². The minimum atomic E-state index is 0.881. The maximum atomic E-state index is 4.13. The molecule has 0 spiro atoms. The van der Waals surface area contributed by atoms with Gasteiger partial charge in [-0.3, -0.25) is 0 Å². The summed E-state index contributed by atoms with van der Waals surface area (Å²) in [6.07, 6.45) is 4.33. The molecule has 1 saturated carbocycles. The van der Waals surface area contributed by atoms with Crippen LogP contribution in [0.2, 0.25) is 0 Å². The fourth-order valence-corrected chi connectivity index (χ4v) is 1.19. The summed E-state index contributed by atoms with van der Waals surface area (Å²) in [6, 6.07) is 0. The maximum Gasteiger partial charge on any atom is 0.221 e. The number of nitrogens with zero attached hydrogens (tertiary/aromatic N) is 3. The average molecular weight is 196 g/mol. The molecule has 0 unspecified atom stereocenters. The lowest BCUT2D eigenvalue weighted by Gasteiger charge is -2.04. The van der Waals surface area contributed by atoms with E-state index in [1.165, 1.54) is 12.8 Å². The van der Waals surface area contributed by atoms with Gasteiger partial charge in [-0.1, -0.05) is 13.8 Å². The Morgan fingerprint density at radius 2 is 2.21 bits per heavy atom. The first-order valence-corrected chi connectivity index (χ1v) is 5.52. The van der Waals surface area contributed by atoms with Gasteiger partial charge < -0.3 is 5.32 Å². The van der Waals surface area contributed by atoms with Crippen molar-refractivity contribution in [3.63, 3.8) is 0 Å². The van der Waals surface area contributed by atoms with E-state index in [-0.39, 0.29) is 0 Å². The van der Waals surface area contributed by atoms with Crippen molar-refractivity contribution in [3.8, 4) is 0 Å². The first kappa shape index (κ1) is 11.0. The molecule has 1 heterocycles. The number of nitrogens with one attached hydrogen (secondary N) is 1. The predicted molar refractivity (Wildman–Crippen MR) is 58.3 cm³/mol. The van der Waals surface area contributed by atoms with Crippen LogP contribution in [0.15, 0.2) is 6.33 Å². The zero-order chi connectivity index (χ0) is 10.4. The largest absolute Gasteiger partial charge is 0.354 e. The molecule has 0 aromatic carbocycles. The second kappa shape index (κ2) is 5.62. The van der Waals surface area contributed by atoms with Crippen molar-refractivity contribution in [3.05, 3.63) is 6.33 Å². The lowest BCUT2D eigenvalue weighted by molar-refractivity contribution is 0.660. The lowest BCUT2D eigenvalue weighted by atomic mass is 10.4. The summed E-state index contributed by atoms with van der Waals surface area (Å²) in [4.78, 5) is 4.13. The topological polar surface area (TPSA) is 42.7 Å². The third-order valence-electron chi connectivity index (χ3n) is 2.16. The third-order valence-corrected chi connectivity index (χ3v) is 2.16. The summed E-state index contributed by atoms with van der Waals surface area (Å²) >= 11 is 0. The van der Waals surface area contributed by atoms with Gasteiger partial charge in [-0.25, -0.2) is 4.68 Å². The molecule has 0 atom stereocenters. The standard InChI is InChI=1S/C8H14N4.C2H6/c1-2-12-8(10-6-11-12)9-5-7-3-4-7;1-2/h6-7H,2-5H2,1H3,(H,9,10,11);1-2H3. The van der Waals surface area contributed by atoms with Crippen LogP contribution >= 0.6 is 0 Å². The number of rotatable bonds is 4. The third kappa shape index (κ3) is 3.01. The van der Waals surface area contributed by atoms with Gasteiger partial charge in [0.1, 0.15) is 6.33 Å². The Kier molecular flexibility index (Phi) is 4.43. The molecule has 2 rings (SSSR count). The Hall–Kier alpha value is -1.06. The minimum Gasteiger partial charge on any atom is -0.354 e. The zero-order valence-corrected chi connectivity index (χ0v) is 9.32. The molecule has 0 amide bonds. The molecule has 0 bridgehead atoms. The number of aryl methyl sites for hydroxylation is 1. The Morgan fingerprint density at radius 1 is 1.50 bits per heavy atom. The van der Waals surface area contributed by atoms with Crippen molar-refractivity contribution in [1.29, 1.82) is 0 Å². The summed E-state index contributed by atoms with van der Waals surface area (Å²) in [6.45, 7) is 8.00. The van der Waals surface area contributed by atoms with E-state index in [9.17, 15) is 0 Å². The molecule has 1 N–H and O–H groups in total. The summed E-state index contributed by atoms with van der Waals surface area (Å²) in [7, 11) is 0. The molecule has 0 radical (unpaired) electrons. The monoisotopic (exact) mass is 196 g/mol. The molecule has 0 saturated heterocycles. The second-order valence-corrected chi connectivity index (χ2v) is 3.22. The number of hydrogen-bond acceptors (Lipinski definition) is 3. The van der Waals surface area contributed by atoms with Crippen LogP contribution in [-0.2, 0) is 6.54 Å². The predicted octanol–water partition coefficient (Wildman–Crippen LogP) is 2.15. The van der Waals surface area contributed by atoms with E-state index in [1.807, 2.05) is 18.5 Å². The lowest BCUT2D eigenvalue weighted by Crippen LogP contribution is -2.10. The number of aromatic nitrogens is 3. The molecule has 1 fully saturated rings. The highest BCUT2D eigenvalue weighted by molar-refractivity contribution is 5.23. The number of hydrogen-bond donors (Lipinski definition) is 1. The van der Waals surface area contributed by atoms with Crippen molar-refractivity contribution in [2.45, 2.75) is 40.2 Å². The maximum absolute atomic E-state index is 4.13. The van der Waals surface area contributed by atoms with E-state index in [1.54, 1.807) is 6.33 Å². The summed E-state index contributed by atoms with van der Waals surface area (Å²) in [5, 5.41) is 7.37. The van der Waals surface area contributed by atoms with E-state index in [4.69, 9.17) is 0 Å². The van der Waals surface area contributed by atoms with Crippen LogP contribution in [0, 0.1) is 5.92 Å². The van der Waals surface area contributed by atoms with Gasteiger partial charge in [0.2, 0.25) is 5.95 Å². The Labute approximate surface area is 85.7 Å². The van der Waals surface area contributed by atoms with Crippen LogP contribution in [0.5, 0.6) is 0 Å². The Morgan fingerprint density at radius 3 is 2.79 bits per heavy atom. The van der Waals surface area contributed by atoms with E-state index >= 15 is 0 Å². The fraction of sp³-hybridized carbons (Fsp3) is 0.800. The summed E-state index contributed by atoms with van der Waals surface area (Å²) in [5.41, 5.74) is 0. The molecule has 14 heavy (non-hydrogen) atoms. The highest BCUT2D eigenvalue weighted by atomic mass is 15.4. The van der Waals surface area contributed by atoms with Crippen LogP contribution in [0.25, 0.3) is 0 Å². The number of anilines is 1. The molecule has 1 aromatic rings. The van der Waals surface area contributed by atoms with E-state index < -0.39 is 0 Å². The average Bonchev–Trinajstić information content (AvgIpc) is 2.96. The molecule has 4 heteroatoms. The normalized spacial score (nSPS) is 14.5. The van der Waals surface area contributed by atoms with Gasteiger partial charge in [0, 0.05) is 13.1 Å². The highest BCUT2D eigenvalue weighted by Crippen LogP contribution is 2.28. The van der Waals surface area contributed by atoms with Gasteiger partial charge in [-0.05, 0) is 25.7 Å². The van der Waals surface area contributed by atoms with Crippen LogP contribution in [0.1, 0.15) is 33.6 Å². The molecule has 1 aliphatic rings.